The van der Waals surface area contributed by atoms with E-state index in [1.54, 1.807) is 36.5 Å². The molecular formula is C19H16Cl2FN3O2. The molecule has 0 aliphatic rings. The summed E-state index contributed by atoms with van der Waals surface area (Å²) in [5, 5.41) is 7.73. The fraction of sp³-hybridized carbons (Fsp3) is 0.158. The van der Waals surface area contributed by atoms with E-state index in [4.69, 9.17) is 27.9 Å². The molecule has 0 radical (unpaired) electrons. The van der Waals surface area contributed by atoms with E-state index in [0.717, 1.165) is 6.42 Å². The second kappa shape index (κ2) is 8.41. The Hall–Kier alpha value is -2.57. The van der Waals surface area contributed by atoms with Crippen LogP contribution < -0.4 is 10.1 Å². The number of halogens is 3. The van der Waals surface area contributed by atoms with E-state index >= 15 is 0 Å². The highest BCUT2D eigenvalue weighted by Crippen LogP contribution is 2.26. The van der Waals surface area contributed by atoms with Crippen LogP contribution in [0.4, 0.5) is 10.1 Å². The van der Waals surface area contributed by atoms with Gasteiger partial charge in [-0.15, -0.1) is 0 Å². The van der Waals surface area contributed by atoms with Crippen molar-refractivity contribution in [3.05, 3.63) is 70.2 Å². The molecule has 1 aromatic heterocycles. The summed E-state index contributed by atoms with van der Waals surface area (Å²) in [5.41, 5.74) is 1.19. The molecule has 1 heterocycles. The number of carbonyl (C=O) groups excluding carboxylic acids is 1. The monoisotopic (exact) mass is 407 g/mol. The Morgan fingerprint density at radius 2 is 1.93 bits per heavy atom. The molecule has 0 saturated heterocycles. The number of aromatic nitrogens is 2. The van der Waals surface area contributed by atoms with Crippen molar-refractivity contribution in [2.24, 2.45) is 0 Å². The fourth-order valence-electron chi connectivity index (χ4n) is 2.32. The minimum Gasteiger partial charge on any atom is -0.489 e. The second-order valence-corrected chi connectivity index (χ2v) is 6.51. The van der Waals surface area contributed by atoms with Crippen molar-refractivity contribution in [1.29, 1.82) is 0 Å². The van der Waals surface area contributed by atoms with Crippen molar-refractivity contribution in [3.63, 3.8) is 0 Å². The lowest BCUT2D eigenvalue weighted by molar-refractivity contribution is 0.101. The van der Waals surface area contributed by atoms with E-state index in [1.165, 1.54) is 16.8 Å². The lowest BCUT2D eigenvalue weighted by Gasteiger charge is -2.07. The Labute approximate surface area is 165 Å². The van der Waals surface area contributed by atoms with Crippen LogP contribution in [0.2, 0.25) is 10.0 Å². The number of hydrogen-bond acceptors (Lipinski definition) is 3. The molecule has 5 nitrogen and oxygen atoms in total. The molecule has 0 fully saturated rings. The van der Waals surface area contributed by atoms with Crippen LogP contribution in [-0.4, -0.2) is 22.3 Å². The molecule has 2 aromatic carbocycles. The maximum atomic E-state index is 13.1. The molecule has 0 bridgehead atoms. The molecule has 0 saturated carbocycles. The van der Waals surface area contributed by atoms with Gasteiger partial charge in [0.1, 0.15) is 5.82 Å². The van der Waals surface area contributed by atoms with E-state index in [2.05, 4.69) is 10.4 Å². The standard InChI is InChI=1S/C19H16Cl2FN3O2/c1-2-9-27-17-11-25(14-6-3-12(22)4-7-14)24-18(17)19(26)23-13-5-8-15(20)16(21)10-13/h3-8,10-11H,2,9H2,1H3,(H,23,26). The predicted octanol–water partition coefficient (Wildman–Crippen LogP) is 5.36. The SMILES string of the molecule is CCCOc1cn(-c2ccc(F)cc2)nc1C(=O)Nc1ccc(Cl)c(Cl)c1. The number of ether oxygens (including phenoxy) is 1. The number of nitrogens with one attached hydrogen (secondary N) is 1. The van der Waals surface area contributed by atoms with Gasteiger partial charge in [0.2, 0.25) is 0 Å². The summed E-state index contributed by atoms with van der Waals surface area (Å²) in [5.74, 6) is -0.481. The summed E-state index contributed by atoms with van der Waals surface area (Å²) in [6, 6.07) is 10.5. The van der Waals surface area contributed by atoms with E-state index in [1.807, 2.05) is 6.92 Å². The maximum absolute atomic E-state index is 13.1. The zero-order valence-corrected chi connectivity index (χ0v) is 15.9. The summed E-state index contributed by atoms with van der Waals surface area (Å²) in [4.78, 5) is 12.7. The molecule has 1 amide bonds. The van der Waals surface area contributed by atoms with Gasteiger partial charge in [-0.25, -0.2) is 9.07 Å². The molecule has 8 heteroatoms. The van der Waals surface area contributed by atoms with Crippen molar-refractivity contribution in [2.45, 2.75) is 13.3 Å². The van der Waals surface area contributed by atoms with Crippen molar-refractivity contribution in [3.8, 4) is 11.4 Å². The van der Waals surface area contributed by atoms with Crippen molar-refractivity contribution in [1.82, 2.24) is 9.78 Å². The van der Waals surface area contributed by atoms with Crippen LogP contribution in [0.1, 0.15) is 23.8 Å². The van der Waals surface area contributed by atoms with Gasteiger partial charge in [-0.1, -0.05) is 30.1 Å². The highest BCUT2D eigenvalue weighted by molar-refractivity contribution is 6.42. The highest BCUT2D eigenvalue weighted by atomic mass is 35.5. The van der Waals surface area contributed by atoms with E-state index < -0.39 is 5.91 Å². The Morgan fingerprint density at radius 1 is 1.19 bits per heavy atom. The molecule has 0 aliphatic heterocycles. The van der Waals surface area contributed by atoms with Crippen LogP contribution in [0.3, 0.4) is 0 Å². The minimum atomic E-state index is -0.458. The zero-order valence-electron chi connectivity index (χ0n) is 14.4. The van der Waals surface area contributed by atoms with Crippen LogP contribution in [0.25, 0.3) is 5.69 Å². The third-order valence-electron chi connectivity index (χ3n) is 3.63. The van der Waals surface area contributed by atoms with Gasteiger partial charge >= 0.3 is 0 Å². The molecule has 0 unspecified atom stereocenters. The largest absolute Gasteiger partial charge is 0.489 e. The summed E-state index contributed by atoms with van der Waals surface area (Å²) in [6.45, 7) is 2.39. The van der Waals surface area contributed by atoms with Gasteiger partial charge in [0.05, 0.1) is 28.5 Å². The smallest absolute Gasteiger partial charge is 0.280 e. The molecule has 0 atom stereocenters. The molecule has 3 aromatic rings. The van der Waals surface area contributed by atoms with Crippen LogP contribution in [-0.2, 0) is 0 Å². The summed E-state index contributed by atoms with van der Waals surface area (Å²) in [7, 11) is 0. The van der Waals surface area contributed by atoms with Crippen molar-refractivity contribution < 1.29 is 13.9 Å². The topological polar surface area (TPSA) is 56.2 Å². The van der Waals surface area contributed by atoms with E-state index in [9.17, 15) is 9.18 Å². The van der Waals surface area contributed by atoms with Gasteiger partial charge in [-0.05, 0) is 48.9 Å². The average Bonchev–Trinajstić information content (AvgIpc) is 3.08. The molecule has 1 N–H and O–H groups in total. The Balaban J connectivity index is 1.90. The van der Waals surface area contributed by atoms with Gasteiger partial charge < -0.3 is 10.1 Å². The van der Waals surface area contributed by atoms with E-state index in [0.29, 0.717) is 33.8 Å². The first-order valence-corrected chi connectivity index (χ1v) is 8.98. The number of rotatable bonds is 6. The average molecular weight is 408 g/mol. The Kier molecular flexibility index (Phi) is 5.98. The number of benzene rings is 2. The van der Waals surface area contributed by atoms with Gasteiger partial charge in [-0.3, -0.25) is 4.79 Å². The van der Waals surface area contributed by atoms with Crippen LogP contribution in [0.15, 0.2) is 48.7 Å². The Bertz CT molecular complexity index is 958. The first-order chi connectivity index (χ1) is 13.0. The first kappa shape index (κ1) is 19.2. The van der Waals surface area contributed by atoms with Crippen molar-refractivity contribution in [2.75, 3.05) is 11.9 Å². The number of anilines is 1. The molecule has 0 spiro atoms. The number of amides is 1. The molecule has 0 aliphatic carbocycles. The van der Waals surface area contributed by atoms with Crippen LogP contribution in [0, 0.1) is 5.82 Å². The number of nitrogens with zero attached hydrogens (tertiary/aromatic N) is 2. The Morgan fingerprint density at radius 3 is 2.59 bits per heavy atom. The van der Waals surface area contributed by atoms with E-state index in [-0.39, 0.29) is 11.5 Å². The lowest BCUT2D eigenvalue weighted by Crippen LogP contribution is -2.14. The minimum absolute atomic E-state index is 0.110. The molecule has 27 heavy (non-hydrogen) atoms. The second-order valence-electron chi connectivity index (χ2n) is 5.69. The summed E-state index contributed by atoms with van der Waals surface area (Å²) in [6.07, 6.45) is 2.36. The first-order valence-electron chi connectivity index (χ1n) is 8.22. The predicted molar refractivity (Wildman–Crippen MR) is 104 cm³/mol. The highest BCUT2D eigenvalue weighted by Gasteiger charge is 2.19. The third kappa shape index (κ3) is 4.59. The lowest BCUT2D eigenvalue weighted by atomic mass is 10.3. The van der Waals surface area contributed by atoms with Gasteiger partial charge in [0.25, 0.3) is 5.91 Å². The normalized spacial score (nSPS) is 10.7. The number of hydrogen-bond donors (Lipinski definition) is 1. The number of carbonyl (C=O) groups is 1. The molecular weight excluding hydrogens is 392 g/mol. The van der Waals surface area contributed by atoms with Crippen LogP contribution >= 0.6 is 23.2 Å². The van der Waals surface area contributed by atoms with Crippen LogP contribution in [0.5, 0.6) is 5.75 Å². The van der Waals surface area contributed by atoms with Gasteiger partial charge in [-0.2, -0.15) is 5.10 Å². The fourth-order valence-corrected chi connectivity index (χ4v) is 2.62. The maximum Gasteiger partial charge on any atom is 0.280 e. The zero-order chi connectivity index (χ0) is 19.4. The third-order valence-corrected chi connectivity index (χ3v) is 4.37. The molecule has 3 rings (SSSR count). The van der Waals surface area contributed by atoms with Gasteiger partial charge in [0.15, 0.2) is 11.4 Å². The summed E-state index contributed by atoms with van der Waals surface area (Å²) >= 11 is 11.9. The summed E-state index contributed by atoms with van der Waals surface area (Å²) < 4.78 is 20.3. The van der Waals surface area contributed by atoms with Crippen molar-refractivity contribution >= 4 is 34.8 Å². The quantitative estimate of drug-likeness (QED) is 0.598. The molecule has 140 valence electrons. The van der Waals surface area contributed by atoms with Gasteiger partial charge in [0, 0.05) is 5.69 Å².